The van der Waals surface area contributed by atoms with Gasteiger partial charge in [0.05, 0.1) is 11.1 Å². The minimum Gasteiger partial charge on any atom is -0.192 e. The Bertz CT molecular complexity index is 913. The van der Waals surface area contributed by atoms with E-state index in [0.717, 1.165) is 29.4 Å². The summed E-state index contributed by atoms with van der Waals surface area (Å²) in [5.74, 6) is 1.74. The predicted molar refractivity (Wildman–Crippen MR) is 150 cm³/mol. The summed E-state index contributed by atoms with van der Waals surface area (Å²) in [5.41, 5.74) is 4.45. The molecule has 0 N–H and O–H groups in total. The predicted octanol–water partition coefficient (Wildman–Crippen LogP) is 9.92. The minimum absolute atomic E-state index is 0.137. The highest BCUT2D eigenvalue weighted by atomic mass is 14.5. The molecule has 4 fully saturated rings. The van der Waals surface area contributed by atoms with Crippen LogP contribution in [0.3, 0.4) is 0 Å². The van der Waals surface area contributed by atoms with Crippen LogP contribution in [0.5, 0.6) is 0 Å². The molecule has 0 heterocycles. The first-order valence-corrected chi connectivity index (χ1v) is 15.6. The Hall–Kier alpha value is -1.80. The first-order valence-electron chi connectivity index (χ1n) is 15.6. The van der Waals surface area contributed by atoms with Gasteiger partial charge in [0, 0.05) is 0 Å². The van der Waals surface area contributed by atoms with Crippen LogP contribution in [-0.4, -0.2) is 0 Å². The molecular formula is C34H50N2. The quantitative estimate of drug-likeness (QED) is 0.276. The summed E-state index contributed by atoms with van der Waals surface area (Å²) in [6.07, 6.45) is 26.1. The first-order chi connectivity index (χ1) is 17.6. The number of benzene rings is 1. The van der Waals surface area contributed by atoms with Crippen LogP contribution in [0.1, 0.15) is 158 Å². The van der Waals surface area contributed by atoms with Crippen LogP contribution in [0, 0.1) is 39.9 Å². The van der Waals surface area contributed by atoms with Gasteiger partial charge in [0.2, 0.25) is 0 Å². The summed E-state index contributed by atoms with van der Waals surface area (Å²) in [7, 11) is 0. The zero-order valence-corrected chi connectivity index (χ0v) is 23.3. The number of aryl methyl sites for hydroxylation is 1. The molecule has 4 aliphatic rings. The van der Waals surface area contributed by atoms with Crippen molar-refractivity contribution < 1.29 is 0 Å². The van der Waals surface area contributed by atoms with E-state index in [-0.39, 0.29) is 5.41 Å². The zero-order valence-electron chi connectivity index (χ0n) is 23.3. The van der Waals surface area contributed by atoms with Gasteiger partial charge in [-0.3, -0.25) is 0 Å². The number of nitriles is 2. The van der Waals surface area contributed by atoms with E-state index in [9.17, 15) is 10.5 Å². The van der Waals surface area contributed by atoms with E-state index in [1.54, 1.807) is 0 Å². The summed E-state index contributed by atoms with van der Waals surface area (Å²) in [5, 5.41) is 20.4. The average molecular weight is 487 g/mol. The summed E-state index contributed by atoms with van der Waals surface area (Å²) in [6.45, 7) is 4.59. The van der Waals surface area contributed by atoms with Gasteiger partial charge >= 0.3 is 0 Å². The minimum atomic E-state index is 0.137. The number of rotatable bonds is 12. The van der Waals surface area contributed by atoms with Crippen LogP contribution in [-0.2, 0) is 11.8 Å². The van der Waals surface area contributed by atoms with Gasteiger partial charge < -0.3 is 0 Å². The number of unbranched alkanes of at least 4 members (excludes halogenated alkanes) is 4. The van der Waals surface area contributed by atoms with Gasteiger partial charge in [-0.1, -0.05) is 96.6 Å². The molecule has 0 unspecified atom stereocenters. The van der Waals surface area contributed by atoms with Crippen LogP contribution < -0.4 is 0 Å². The van der Waals surface area contributed by atoms with Crippen molar-refractivity contribution in [3.05, 3.63) is 34.4 Å². The third-order valence-electron chi connectivity index (χ3n) is 10.8. The Balaban J connectivity index is 1.39. The second kappa shape index (κ2) is 12.6. The lowest BCUT2D eigenvalue weighted by molar-refractivity contribution is 0.0304. The number of nitrogens with zero attached hydrogens (tertiary/aromatic N) is 2. The molecule has 0 aromatic heterocycles. The van der Waals surface area contributed by atoms with Gasteiger partial charge in [-0.2, -0.15) is 10.5 Å². The topological polar surface area (TPSA) is 47.6 Å². The number of hydrogen-bond acceptors (Lipinski definition) is 2. The van der Waals surface area contributed by atoms with E-state index in [2.05, 4.69) is 38.1 Å². The standard InChI is InChI=1S/C34H50N2/c1-3-5-7-9-27-10-12-28(13-11-27)14-15-29-16-17-32(31(26-36)30(29)25-35)34-22-19-33(20-23-34,21-24-34)18-8-6-4-2/h16-17,27-28H,3-15,18-24H2,1-2H3/t27-,28-,33?,34?. The first kappa shape index (κ1) is 27.2. The third-order valence-corrected chi connectivity index (χ3v) is 10.8. The largest absolute Gasteiger partial charge is 0.192 e. The van der Waals surface area contributed by atoms with Crippen LogP contribution in [0.25, 0.3) is 0 Å². The van der Waals surface area contributed by atoms with Crippen LogP contribution in [0.2, 0.25) is 0 Å². The van der Waals surface area contributed by atoms with Gasteiger partial charge in [0.1, 0.15) is 12.1 Å². The van der Waals surface area contributed by atoms with Gasteiger partial charge in [0.25, 0.3) is 0 Å². The molecule has 2 heteroatoms. The van der Waals surface area contributed by atoms with E-state index < -0.39 is 0 Å². The lowest BCUT2D eigenvalue weighted by Gasteiger charge is -2.54. The van der Waals surface area contributed by atoms with Gasteiger partial charge in [-0.25, -0.2) is 0 Å². The smallest absolute Gasteiger partial charge is 0.101 e. The molecule has 2 bridgehead atoms. The van der Waals surface area contributed by atoms with Gasteiger partial charge in [-0.15, -0.1) is 0 Å². The monoisotopic (exact) mass is 486 g/mol. The molecule has 0 aliphatic heterocycles. The highest BCUT2D eigenvalue weighted by Gasteiger charge is 2.49. The highest BCUT2D eigenvalue weighted by Crippen LogP contribution is 2.60. The molecule has 0 atom stereocenters. The summed E-state index contributed by atoms with van der Waals surface area (Å²) >= 11 is 0. The zero-order chi connectivity index (χ0) is 25.4. The molecular weight excluding hydrogens is 436 g/mol. The van der Waals surface area contributed by atoms with Crippen molar-refractivity contribution in [2.45, 2.75) is 148 Å². The molecule has 4 aliphatic carbocycles. The normalized spacial score (nSPS) is 29.6. The van der Waals surface area contributed by atoms with E-state index in [1.807, 2.05) is 0 Å². The Kier molecular flexibility index (Phi) is 9.56. The Morgan fingerprint density at radius 2 is 1.31 bits per heavy atom. The molecule has 196 valence electrons. The lowest BCUT2D eigenvalue weighted by Crippen LogP contribution is -2.44. The molecule has 0 radical (unpaired) electrons. The Labute approximate surface area is 221 Å². The molecule has 4 saturated carbocycles. The van der Waals surface area contributed by atoms with E-state index >= 15 is 0 Å². The second-order valence-corrected chi connectivity index (χ2v) is 12.9. The fourth-order valence-electron chi connectivity index (χ4n) is 8.18. The molecule has 5 rings (SSSR count). The van der Waals surface area contributed by atoms with Crippen molar-refractivity contribution in [3.63, 3.8) is 0 Å². The molecule has 0 spiro atoms. The van der Waals surface area contributed by atoms with Gasteiger partial charge in [0.15, 0.2) is 0 Å². The third kappa shape index (κ3) is 6.01. The van der Waals surface area contributed by atoms with Crippen molar-refractivity contribution in [2.75, 3.05) is 0 Å². The fraction of sp³-hybridized carbons (Fsp3) is 0.765. The fourth-order valence-corrected chi connectivity index (χ4v) is 8.18. The summed E-state index contributed by atoms with van der Waals surface area (Å²) in [4.78, 5) is 0. The van der Waals surface area contributed by atoms with Crippen LogP contribution in [0.15, 0.2) is 12.1 Å². The Morgan fingerprint density at radius 3 is 1.89 bits per heavy atom. The van der Waals surface area contributed by atoms with Crippen LogP contribution in [0.4, 0.5) is 0 Å². The highest BCUT2D eigenvalue weighted by molar-refractivity contribution is 5.57. The maximum absolute atomic E-state index is 10.2. The van der Waals surface area contributed by atoms with E-state index in [0.29, 0.717) is 11.0 Å². The molecule has 0 saturated heterocycles. The number of hydrogen-bond donors (Lipinski definition) is 0. The van der Waals surface area contributed by atoms with E-state index in [4.69, 9.17) is 0 Å². The lowest BCUT2D eigenvalue weighted by atomic mass is 9.50. The average Bonchev–Trinajstić information content (AvgIpc) is 2.93. The SMILES string of the molecule is CCCCCC12CCC(c3ccc(CC[C@H]4CC[C@H](CCCCC)CC4)c(C#N)c3C#N)(CC1)CC2. The van der Waals surface area contributed by atoms with Crippen LogP contribution >= 0.6 is 0 Å². The molecule has 1 aromatic carbocycles. The molecule has 2 nitrogen and oxygen atoms in total. The van der Waals surface area contributed by atoms with Gasteiger partial charge in [-0.05, 0) is 91.6 Å². The van der Waals surface area contributed by atoms with Crippen molar-refractivity contribution in [3.8, 4) is 12.1 Å². The van der Waals surface area contributed by atoms with E-state index in [1.165, 1.54) is 128 Å². The van der Waals surface area contributed by atoms with Crippen molar-refractivity contribution in [1.82, 2.24) is 0 Å². The molecule has 36 heavy (non-hydrogen) atoms. The molecule has 1 aromatic rings. The van der Waals surface area contributed by atoms with Crippen molar-refractivity contribution in [2.24, 2.45) is 17.3 Å². The molecule has 0 amide bonds. The van der Waals surface area contributed by atoms with Crippen molar-refractivity contribution in [1.29, 1.82) is 10.5 Å². The summed E-state index contributed by atoms with van der Waals surface area (Å²) < 4.78 is 0. The van der Waals surface area contributed by atoms with Crippen molar-refractivity contribution >= 4 is 0 Å². The second-order valence-electron chi connectivity index (χ2n) is 12.9. The number of fused-ring (bicyclic) bond motifs is 3. The maximum Gasteiger partial charge on any atom is 0.101 e. The Morgan fingerprint density at radius 1 is 0.722 bits per heavy atom. The summed E-state index contributed by atoms with van der Waals surface area (Å²) in [6, 6.07) is 9.52. The maximum atomic E-state index is 10.2.